The van der Waals surface area contributed by atoms with Crippen LogP contribution < -0.4 is 15.4 Å². The van der Waals surface area contributed by atoms with E-state index in [1.807, 2.05) is 54.9 Å². The Balaban J connectivity index is 0.893. The van der Waals surface area contributed by atoms with E-state index in [9.17, 15) is 28.0 Å². The van der Waals surface area contributed by atoms with Crippen molar-refractivity contribution in [2.24, 2.45) is 11.8 Å². The second-order valence-corrected chi connectivity index (χ2v) is 28.5. The number of amides is 4. The summed E-state index contributed by atoms with van der Waals surface area (Å²) >= 11 is 1.60. The van der Waals surface area contributed by atoms with Crippen LogP contribution in [0.15, 0.2) is 55.0 Å². The van der Waals surface area contributed by atoms with Crippen LogP contribution in [-0.4, -0.2) is 116 Å². The van der Waals surface area contributed by atoms with Crippen molar-refractivity contribution >= 4 is 54.3 Å². The highest BCUT2D eigenvalue weighted by Crippen LogP contribution is 2.50. The zero-order chi connectivity index (χ0) is 53.4. The number of aromatic amines is 2. The number of alkyl carbamates (subject to hydrolysis) is 2. The lowest BCUT2D eigenvalue weighted by Crippen LogP contribution is -2.51. The number of fused-ring (bicyclic) bond motifs is 5. The number of H-pyrrole nitrogens is 2. The molecular formula is C54H63F3N10O7SSi. The minimum atomic E-state index is -2.73. The minimum Gasteiger partial charge on any atom is -0.464 e. The van der Waals surface area contributed by atoms with Crippen LogP contribution in [0, 0.1) is 17.7 Å². The number of halogens is 3. The molecule has 2 unspecified atom stereocenters. The Kier molecular flexibility index (Phi) is 13.6. The van der Waals surface area contributed by atoms with Crippen molar-refractivity contribution in [3.63, 3.8) is 0 Å². The van der Waals surface area contributed by atoms with E-state index in [-0.39, 0.29) is 61.8 Å². The van der Waals surface area contributed by atoms with Gasteiger partial charge in [-0.2, -0.15) is 0 Å². The van der Waals surface area contributed by atoms with Gasteiger partial charge >= 0.3 is 12.2 Å². The van der Waals surface area contributed by atoms with Gasteiger partial charge in [0.1, 0.15) is 35.3 Å². The van der Waals surface area contributed by atoms with E-state index >= 15 is 4.39 Å². The third kappa shape index (κ3) is 9.97. The lowest BCUT2D eigenvalue weighted by atomic mass is 9.82. The first kappa shape index (κ1) is 51.4. The molecule has 402 valence electrons. The Morgan fingerprint density at radius 1 is 0.855 bits per heavy atom. The van der Waals surface area contributed by atoms with Gasteiger partial charge in [-0.1, -0.05) is 33.0 Å². The normalized spacial score (nSPS) is 21.7. The number of imidazole rings is 2. The molecule has 5 atom stereocenters. The van der Waals surface area contributed by atoms with E-state index in [1.165, 1.54) is 20.3 Å². The number of rotatable bonds is 13. The Morgan fingerprint density at radius 3 is 2.25 bits per heavy atom. The van der Waals surface area contributed by atoms with E-state index < -0.39 is 56.4 Å². The van der Waals surface area contributed by atoms with Crippen molar-refractivity contribution < 1.29 is 46.6 Å². The highest BCUT2D eigenvalue weighted by atomic mass is 32.1. The summed E-state index contributed by atoms with van der Waals surface area (Å²) in [7, 11) is 0.467. The van der Waals surface area contributed by atoms with Crippen LogP contribution in [0.2, 0.25) is 19.1 Å². The van der Waals surface area contributed by atoms with E-state index in [4.69, 9.17) is 29.2 Å². The third-order valence-corrected chi connectivity index (χ3v) is 19.8. The maximum Gasteiger partial charge on any atom is 0.407 e. The van der Waals surface area contributed by atoms with Gasteiger partial charge in [-0.05, 0) is 93.2 Å². The Hall–Kier alpha value is -6.68. The number of benzene rings is 2. The Bertz CT molecular complexity index is 3210. The molecule has 4 N–H and O–H groups in total. The van der Waals surface area contributed by atoms with Gasteiger partial charge in [0.05, 0.1) is 84.8 Å². The number of ether oxygens (including phenoxy) is 3. The zero-order valence-electron chi connectivity index (χ0n) is 43.4. The third-order valence-electron chi connectivity index (χ3n) is 15.9. The maximum atomic E-state index is 17.1. The Labute approximate surface area is 442 Å². The van der Waals surface area contributed by atoms with Gasteiger partial charge in [0.15, 0.2) is 0 Å². The number of carbonyl (C=O) groups is 4. The predicted molar refractivity (Wildman–Crippen MR) is 281 cm³/mol. The average Bonchev–Trinajstić information content (AvgIpc) is 4.08. The second kappa shape index (κ2) is 20.0. The quantitative estimate of drug-likeness (QED) is 0.0806. The van der Waals surface area contributed by atoms with Crippen molar-refractivity contribution in [2.75, 3.05) is 26.9 Å². The number of aromatic nitrogens is 6. The summed E-state index contributed by atoms with van der Waals surface area (Å²) < 4.78 is 64.0. The number of hydrogen-bond donors (Lipinski definition) is 4. The van der Waals surface area contributed by atoms with Gasteiger partial charge in [-0.15, -0.1) is 11.3 Å². The molecular weight excluding hydrogens is 1020 g/mol. The molecule has 17 nitrogen and oxygen atoms in total. The SMILES string of the molecule is COC(=O)NC(CC1CCC(F)(F)CC1)C(=O)N1C[Si](C)(C)C[C@H]1c1ncc(-c2cc(F)c3c(c2)O[C@@H](c2cnc(C4CC4)s2)n2c-3cc3cc(-c4cnc([C@@H]5CCCN5C(=O)C(NC(=O)OC)C(C)C)[nH]4)ccc32)[nH]1. The van der Waals surface area contributed by atoms with Crippen molar-refractivity contribution in [1.82, 2.24) is 49.9 Å². The monoisotopic (exact) mass is 1080 g/mol. The molecule has 4 fully saturated rings. The van der Waals surface area contributed by atoms with Crippen LogP contribution in [0.25, 0.3) is 44.7 Å². The summed E-state index contributed by atoms with van der Waals surface area (Å²) in [5.41, 5.74) is 4.36. The van der Waals surface area contributed by atoms with E-state index in [1.54, 1.807) is 33.5 Å². The first-order valence-electron chi connectivity index (χ1n) is 26.3. The van der Waals surface area contributed by atoms with E-state index in [0.717, 1.165) is 51.3 Å². The maximum absolute atomic E-state index is 17.1. The van der Waals surface area contributed by atoms with Crippen molar-refractivity contribution in [2.45, 2.75) is 133 Å². The fraction of sp³-hybridized carbons (Fsp3) is 0.500. The van der Waals surface area contributed by atoms with E-state index in [2.05, 4.69) is 33.7 Å². The number of nitrogens with zero attached hydrogens (tertiary/aromatic N) is 6. The molecule has 7 heterocycles. The topological polar surface area (TPSA) is 202 Å². The lowest BCUT2D eigenvalue weighted by molar-refractivity contribution is -0.136. The fourth-order valence-electron chi connectivity index (χ4n) is 11.8. The van der Waals surface area contributed by atoms with Crippen LogP contribution >= 0.6 is 11.3 Å². The number of thiazole rings is 1. The van der Waals surface area contributed by atoms with Crippen LogP contribution in [0.3, 0.4) is 0 Å². The Morgan fingerprint density at radius 2 is 1.55 bits per heavy atom. The highest BCUT2D eigenvalue weighted by molar-refractivity contribution is 7.11. The van der Waals surface area contributed by atoms with Gasteiger partial charge < -0.3 is 44.6 Å². The van der Waals surface area contributed by atoms with Gasteiger partial charge in [-0.3, -0.25) is 14.2 Å². The number of nitrogens with one attached hydrogen (secondary N) is 4. The molecule has 0 radical (unpaired) electrons. The molecule has 11 rings (SSSR count). The molecule has 0 bridgehead atoms. The smallest absolute Gasteiger partial charge is 0.407 e. The van der Waals surface area contributed by atoms with Gasteiger partial charge in [-0.25, -0.2) is 37.7 Å². The molecule has 2 saturated heterocycles. The fourth-order valence-corrected chi connectivity index (χ4v) is 15.8. The molecule has 3 aliphatic heterocycles. The number of hydrogen-bond acceptors (Lipinski definition) is 11. The predicted octanol–water partition coefficient (Wildman–Crippen LogP) is 10.6. The molecule has 76 heavy (non-hydrogen) atoms. The molecule has 22 heteroatoms. The van der Waals surface area contributed by atoms with Gasteiger partial charge in [0.25, 0.3) is 0 Å². The summed E-state index contributed by atoms with van der Waals surface area (Å²) in [6.45, 7) is 8.66. The van der Waals surface area contributed by atoms with Crippen molar-refractivity contribution in [3.8, 4) is 39.5 Å². The second-order valence-electron chi connectivity index (χ2n) is 22.3. The molecule has 2 aromatic carbocycles. The van der Waals surface area contributed by atoms with Crippen molar-refractivity contribution in [1.29, 1.82) is 0 Å². The molecule has 5 aliphatic rings. The average molecular weight is 1080 g/mol. The minimum absolute atomic E-state index is 0.168. The van der Waals surface area contributed by atoms with Crippen LogP contribution in [0.4, 0.5) is 22.8 Å². The molecule has 2 aliphatic carbocycles. The standard InChI is InChI=1S/C54H63F3N10O7SSi/c1-28(2)45(64-53(71)73-4)50(69)65-17-7-8-39(65)46-58-23-36(61-46)31-11-12-38-33(19-31)21-40-44-34(55)20-32(22-42(44)74-51(67(38)40)43-25-60-48(75-43)30-9-10-30)37-24-59-47(62-37)41-26-76(5,6)27-66(41)49(68)35(63-52(70)72-3)18-29-13-15-54(56,57)16-14-29/h11-12,19-25,28-30,35,39,41,45,51H,7-10,13-18,26-27H2,1-6H3,(H,58,61)(H,59,62)(H,63,70)(H,64,71)/t35?,39-,41-,45?,51-/m0/s1. The molecule has 4 aromatic heterocycles. The summed E-state index contributed by atoms with van der Waals surface area (Å²) in [4.78, 5) is 78.8. The number of carbonyl (C=O) groups excluding carboxylic acids is 4. The van der Waals surface area contributed by atoms with Gasteiger partial charge in [0.2, 0.25) is 24.0 Å². The summed E-state index contributed by atoms with van der Waals surface area (Å²) in [6.07, 6.45) is 7.50. The molecule has 2 saturated carbocycles. The van der Waals surface area contributed by atoms with Crippen molar-refractivity contribution in [3.05, 3.63) is 82.3 Å². The zero-order valence-corrected chi connectivity index (χ0v) is 45.2. The number of alkyl halides is 2. The first-order valence-corrected chi connectivity index (χ1v) is 30.5. The molecule has 0 spiro atoms. The highest BCUT2D eigenvalue weighted by Gasteiger charge is 2.47. The van der Waals surface area contributed by atoms with E-state index in [0.29, 0.717) is 71.0 Å². The largest absolute Gasteiger partial charge is 0.464 e. The number of methoxy groups -OCH3 is 2. The van der Waals surface area contributed by atoms with Crippen LogP contribution in [-0.2, 0) is 19.1 Å². The summed E-state index contributed by atoms with van der Waals surface area (Å²) in [6, 6.07) is 9.45. The van der Waals surface area contributed by atoms with Gasteiger partial charge in [0, 0.05) is 54.2 Å². The lowest BCUT2D eigenvalue weighted by Gasteiger charge is -2.33. The molecule has 6 aromatic rings. The number of likely N-dealkylation sites (tertiary alicyclic amines) is 1. The van der Waals surface area contributed by atoms with Crippen LogP contribution in [0.1, 0.15) is 117 Å². The summed E-state index contributed by atoms with van der Waals surface area (Å²) in [5.74, 6) is -2.16. The first-order chi connectivity index (χ1) is 36.4. The van der Waals surface area contributed by atoms with Crippen LogP contribution in [0.5, 0.6) is 5.75 Å². The molecule has 4 amide bonds. The summed E-state index contributed by atoms with van der Waals surface area (Å²) in [5, 5.41) is 7.30.